The molecule has 4 nitrogen and oxygen atoms in total. The molecule has 1 aromatic carbocycles. The molecule has 1 saturated carbocycles. The molecule has 3 rings (SSSR count). The van der Waals surface area contributed by atoms with Crippen molar-refractivity contribution in [3.8, 4) is 0 Å². The molecule has 1 aromatic heterocycles. The van der Waals surface area contributed by atoms with Crippen LogP contribution in [0.3, 0.4) is 0 Å². The number of nitrogens with zero attached hydrogens (tertiary/aromatic N) is 1. The second-order valence-corrected chi connectivity index (χ2v) is 6.93. The fraction of sp³-hybridized carbons (Fsp3) is 0.389. The maximum absolute atomic E-state index is 5.36. The lowest BCUT2D eigenvalue weighted by atomic mass is 10.2. The zero-order chi connectivity index (χ0) is 16.1. The topological polar surface area (TPSA) is 49.6 Å². The molecule has 6 heteroatoms. The number of hydrogen-bond acceptors (Lipinski definition) is 2. The molecule has 0 radical (unpaired) electrons. The number of furan rings is 1. The summed E-state index contributed by atoms with van der Waals surface area (Å²) in [4.78, 5) is 4.71. The Morgan fingerprint density at radius 3 is 2.67 bits per heavy atom. The van der Waals surface area contributed by atoms with Crippen molar-refractivity contribution in [2.24, 2.45) is 10.9 Å². The number of halogens is 2. The maximum Gasteiger partial charge on any atom is 0.191 e. The molecule has 130 valence electrons. The van der Waals surface area contributed by atoms with Crippen molar-refractivity contribution >= 4 is 45.9 Å². The first-order valence-electron chi connectivity index (χ1n) is 8.02. The molecule has 24 heavy (non-hydrogen) atoms. The standard InChI is InChI=1S/C18H22BrN3O.HI/c1-13-11-17(13)22-18(20-9-8-16-3-2-10-23-16)21-12-14-4-6-15(19)7-5-14;/h2-7,10,13,17H,8-9,11-12H2,1H3,(H2,20,21,22);1H. The normalized spacial score (nSPS) is 19.5. The Labute approximate surface area is 168 Å². The van der Waals surface area contributed by atoms with E-state index in [9.17, 15) is 0 Å². The van der Waals surface area contributed by atoms with Crippen LogP contribution in [0.4, 0.5) is 0 Å². The maximum atomic E-state index is 5.36. The van der Waals surface area contributed by atoms with Crippen molar-refractivity contribution in [2.45, 2.75) is 32.4 Å². The van der Waals surface area contributed by atoms with E-state index in [2.05, 4.69) is 45.6 Å². The minimum Gasteiger partial charge on any atom is -0.469 e. The predicted molar refractivity (Wildman–Crippen MR) is 112 cm³/mol. The molecule has 0 bridgehead atoms. The summed E-state index contributed by atoms with van der Waals surface area (Å²) in [6, 6.07) is 12.7. The van der Waals surface area contributed by atoms with Gasteiger partial charge in [-0.15, -0.1) is 24.0 Å². The number of rotatable bonds is 6. The third kappa shape index (κ3) is 6.12. The molecule has 2 aromatic rings. The lowest BCUT2D eigenvalue weighted by Crippen LogP contribution is -2.40. The van der Waals surface area contributed by atoms with Gasteiger partial charge in [-0.05, 0) is 42.2 Å². The Morgan fingerprint density at radius 2 is 2.04 bits per heavy atom. The summed E-state index contributed by atoms with van der Waals surface area (Å²) < 4.78 is 6.45. The summed E-state index contributed by atoms with van der Waals surface area (Å²) in [6.07, 6.45) is 3.78. The van der Waals surface area contributed by atoms with E-state index in [1.807, 2.05) is 24.3 Å². The highest BCUT2D eigenvalue weighted by molar-refractivity contribution is 14.0. The van der Waals surface area contributed by atoms with Crippen LogP contribution in [0, 0.1) is 5.92 Å². The fourth-order valence-electron chi connectivity index (χ4n) is 2.37. The average Bonchev–Trinajstić information content (AvgIpc) is 3.01. The number of guanidine groups is 1. The molecular formula is C18H23BrIN3O. The SMILES string of the molecule is CC1CC1NC(=NCc1ccc(Br)cc1)NCCc1ccco1.I. The fourth-order valence-corrected chi connectivity index (χ4v) is 2.63. The summed E-state index contributed by atoms with van der Waals surface area (Å²) in [5.74, 6) is 2.61. The van der Waals surface area contributed by atoms with E-state index >= 15 is 0 Å². The van der Waals surface area contributed by atoms with Crippen LogP contribution < -0.4 is 10.6 Å². The van der Waals surface area contributed by atoms with Crippen molar-refractivity contribution < 1.29 is 4.42 Å². The Bertz CT molecular complexity index is 643. The molecule has 2 atom stereocenters. The predicted octanol–water partition coefficient (Wildman–Crippen LogP) is 4.35. The number of aliphatic imine (C=N–C) groups is 1. The summed E-state index contributed by atoms with van der Waals surface area (Å²) >= 11 is 3.46. The van der Waals surface area contributed by atoms with Gasteiger partial charge in [0.2, 0.25) is 0 Å². The molecule has 0 aliphatic heterocycles. The minimum absolute atomic E-state index is 0. The van der Waals surface area contributed by atoms with Crippen molar-refractivity contribution in [1.29, 1.82) is 0 Å². The highest BCUT2D eigenvalue weighted by Crippen LogP contribution is 2.28. The van der Waals surface area contributed by atoms with E-state index in [0.29, 0.717) is 12.6 Å². The Hall–Kier alpha value is -1.02. The van der Waals surface area contributed by atoms with Gasteiger partial charge in [-0.1, -0.05) is 35.0 Å². The van der Waals surface area contributed by atoms with Gasteiger partial charge >= 0.3 is 0 Å². The summed E-state index contributed by atoms with van der Waals surface area (Å²) in [5, 5.41) is 6.90. The van der Waals surface area contributed by atoms with Crippen LogP contribution in [0.1, 0.15) is 24.7 Å². The Balaban J connectivity index is 0.00000208. The van der Waals surface area contributed by atoms with Crippen molar-refractivity contribution in [3.05, 3.63) is 58.5 Å². The molecule has 2 N–H and O–H groups in total. The van der Waals surface area contributed by atoms with Crippen LogP contribution in [0.25, 0.3) is 0 Å². The molecule has 1 heterocycles. The molecule has 1 aliphatic carbocycles. The van der Waals surface area contributed by atoms with Gasteiger partial charge < -0.3 is 15.1 Å². The van der Waals surface area contributed by atoms with Gasteiger partial charge in [-0.2, -0.15) is 0 Å². The third-order valence-corrected chi connectivity index (χ3v) is 4.54. The van der Waals surface area contributed by atoms with Gasteiger partial charge in [0.1, 0.15) is 5.76 Å². The van der Waals surface area contributed by atoms with Crippen molar-refractivity contribution in [2.75, 3.05) is 6.54 Å². The van der Waals surface area contributed by atoms with E-state index in [0.717, 1.165) is 35.1 Å². The molecule has 1 fully saturated rings. The zero-order valence-corrected chi connectivity index (χ0v) is 17.6. The number of benzene rings is 1. The van der Waals surface area contributed by atoms with Gasteiger partial charge in [0.15, 0.2) is 5.96 Å². The number of hydrogen-bond donors (Lipinski definition) is 2. The second-order valence-electron chi connectivity index (χ2n) is 6.01. The summed E-state index contributed by atoms with van der Waals surface area (Å²) in [5.41, 5.74) is 1.20. The average molecular weight is 504 g/mol. The lowest BCUT2D eigenvalue weighted by Gasteiger charge is -2.12. The first-order valence-corrected chi connectivity index (χ1v) is 8.81. The van der Waals surface area contributed by atoms with Gasteiger partial charge in [0, 0.05) is 23.5 Å². The first-order chi connectivity index (χ1) is 11.2. The molecule has 1 aliphatic rings. The van der Waals surface area contributed by atoms with Crippen molar-refractivity contribution in [1.82, 2.24) is 10.6 Å². The monoisotopic (exact) mass is 503 g/mol. The van der Waals surface area contributed by atoms with Gasteiger partial charge in [-0.25, -0.2) is 4.99 Å². The van der Waals surface area contributed by atoms with E-state index < -0.39 is 0 Å². The smallest absolute Gasteiger partial charge is 0.191 e. The minimum atomic E-state index is 0. The van der Waals surface area contributed by atoms with Crippen LogP contribution >= 0.6 is 39.9 Å². The molecule has 0 amide bonds. The highest BCUT2D eigenvalue weighted by Gasteiger charge is 2.33. The van der Waals surface area contributed by atoms with Gasteiger partial charge in [0.25, 0.3) is 0 Å². The highest BCUT2D eigenvalue weighted by atomic mass is 127. The Morgan fingerprint density at radius 1 is 1.29 bits per heavy atom. The van der Waals surface area contributed by atoms with E-state index in [4.69, 9.17) is 9.41 Å². The van der Waals surface area contributed by atoms with Crippen LogP contribution in [-0.4, -0.2) is 18.5 Å². The van der Waals surface area contributed by atoms with Crippen LogP contribution in [0.2, 0.25) is 0 Å². The van der Waals surface area contributed by atoms with E-state index in [1.54, 1.807) is 6.26 Å². The molecule has 2 unspecified atom stereocenters. The van der Waals surface area contributed by atoms with E-state index in [1.165, 1.54) is 12.0 Å². The largest absolute Gasteiger partial charge is 0.469 e. The van der Waals surface area contributed by atoms with Crippen LogP contribution in [0.15, 0.2) is 56.5 Å². The molecule has 0 spiro atoms. The third-order valence-electron chi connectivity index (χ3n) is 4.01. The van der Waals surface area contributed by atoms with Crippen molar-refractivity contribution in [3.63, 3.8) is 0 Å². The quantitative estimate of drug-likeness (QED) is 0.350. The molecule has 0 saturated heterocycles. The van der Waals surface area contributed by atoms with Crippen LogP contribution in [-0.2, 0) is 13.0 Å². The van der Waals surface area contributed by atoms with E-state index in [-0.39, 0.29) is 24.0 Å². The van der Waals surface area contributed by atoms with Gasteiger partial charge in [0.05, 0.1) is 12.8 Å². The zero-order valence-electron chi connectivity index (χ0n) is 13.7. The lowest BCUT2D eigenvalue weighted by molar-refractivity contribution is 0.506. The number of nitrogens with one attached hydrogen (secondary N) is 2. The summed E-state index contributed by atoms with van der Waals surface area (Å²) in [7, 11) is 0. The Kier molecular flexibility index (Phi) is 7.61. The van der Waals surface area contributed by atoms with Gasteiger partial charge in [-0.3, -0.25) is 0 Å². The van der Waals surface area contributed by atoms with Crippen LogP contribution in [0.5, 0.6) is 0 Å². The molecular weight excluding hydrogens is 481 g/mol. The summed E-state index contributed by atoms with van der Waals surface area (Å²) in [6.45, 7) is 3.73. The second kappa shape index (κ2) is 9.46. The first kappa shape index (κ1) is 19.3.